The van der Waals surface area contributed by atoms with Gasteiger partial charge in [0.1, 0.15) is 29.7 Å². The number of rotatable bonds is 3. The van der Waals surface area contributed by atoms with Crippen LogP contribution in [0.5, 0.6) is 0 Å². The van der Waals surface area contributed by atoms with Gasteiger partial charge in [-0.1, -0.05) is 19.1 Å². The van der Waals surface area contributed by atoms with E-state index in [1.165, 1.54) is 0 Å². The number of fused-ring (bicyclic) bond motifs is 10. The molecule has 0 aliphatic carbocycles. The van der Waals surface area contributed by atoms with Crippen molar-refractivity contribution < 1.29 is 66.8 Å². The summed E-state index contributed by atoms with van der Waals surface area (Å²) in [6.45, 7) is 14.8. The number of carbonyl (C=O) groups is 2. The van der Waals surface area contributed by atoms with E-state index in [-0.39, 0.29) is 115 Å². The Morgan fingerprint density at radius 2 is 1.48 bits per heavy atom. The third kappa shape index (κ3) is 7.54. The molecule has 8 unspecified atom stereocenters. The summed E-state index contributed by atoms with van der Waals surface area (Å²) in [5.74, 6) is -0.321. The van der Waals surface area contributed by atoms with Crippen LogP contribution >= 0.6 is 11.6 Å². The van der Waals surface area contributed by atoms with E-state index in [0.717, 1.165) is 24.8 Å². The zero-order valence-electron chi connectivity index (χ0n) is 38.4. The fourth-order valence-corrected chi connectivity index (χ4v) is 14.1. The number of ether oxygens (including phenoxy) is 11. The third-order valence-electron chi connectivity index (χ3n) is 17.7. The molecule has 23 atom stereocenters. The van der Waals surface area contributed by atoms with Crippen molar-refractivity contribution in [2.75, 3.05) is 5.88 Å². The number of hydrogen-bond acceptors (Lipinski definition) is 14. The summed E-state index contributed by atoms with van der Waals surface area (Å²) in [6.07, 6.45) is 8.22. The van der Waals surface area contributed by atoms with Gasteiger partial charge in [0.05, 0.1) is 114 Å². The SMILES string of the molecule is CC1=CC(=O)O[C@H]2C[C@H]3O[C@H]4C[C@@H](C)[C@H]5O[C@H]6C[C@H]7O[C@@]8(C)C/C=C\[C@H]9O[C@H]%10C[C@H]%11OC(CC(=O)CCl)CC(O)[C@]%11(C)OC%10CC9OC8C[C@]7(C)O[C@]6(C)CCC5OC4C[C@]3(C)OC12. The van der Waals surface area contributed by atoms with Crippen molar-refractivity contribution in [2.24, 2.45) is 5.92 Å². The normalized spacial score (nSPS) is 57.0. The molecule has 11 aliphatic rings. The summed E-state index contributed by atoms with van der Waals surface area (Å²) in [4.78, 5) is 24.4. The first-order chi connectivity index (χ1) is 30.4. The van der Waals surface area contributed by atoms with Gasteiger partial charge in [0, 0.05) is 57.4 Å². The van der Waals surface area contributed by atoms with E-state index in [9.17, 15) is 14.7 Å². The standard InChI is InChI=1S/C49H69ClO14/c1-24-13-30-35(21-47(5)37(57-30)19-34-44(63-47)25(2)14-42(53)59-34)56-29-10-12-46(4)38(60-43(24)29)20-39-48(6,64-46)22-41-45(3,62-39)11-8-9-28-31(58-41)17-33-32(55-28)18-40-49(7,61-33)36(52)16-27(54-40)15-26(51)23-50/h8-9,14,24,27-41,43-44,52H,10-13,15-23H2,1-7H3/b9-8-/t24-,27?,28-,29?,30+,31?,32+,33?,34+,35?,36?,37-,38+,39-,40-,41?,43-,44?,45+,46-,47+,48+,49+/m1/s1. The van der Waals surface area contributed by atoms with Crippen molar-refractivity contribution >= 4 is 23.4 Å². The van der Waals surface area contributed by atoms with Crippen LogP contribution in [0.25, 0.3) is 0 Å². The van der Waals surface area contributed by atoms with Gasteiger partial charge < -0.3 is 57.2 Å². The summed E-state index contributed by atoms with van der Waals surface area (Å²) in [7, 11) is 0. The van der Waals surface area contributed by atoms with Crippen LogP contribution in [0.3, 0.4) is 0 Å². The Hall–Kier alpha value is -1.53. The van der Waals surface area contributed by atoms with Gasteiger partial charge >= 0.3 is 5.97 Å². The molecule has 64 heavy (non-hydrogen) atoms. The number of aliphatic hydroxyl groups excluding tert-OH is 1. The van der Waals surface area contributed by atoms with E-state index >= 15 is 0 Å². The van der Waals surface area contributed by atoms with Gasteiger partial charge in [-0.2, -0.15) is 0 Å². The Morgan fingerprint density at radius 3 is 2.30 bits per heavy atom. The van der Waals surface area contributed by atoms with Crippen molar-refractivity contribution in [3.8, 4) is 0 Å². The quantitative estimate of drug-likeness (QED) is 0.215. The first-order valence-electron chi connectivity index (χ1n) is 24.3. The first-order valence-corrected chi connectivity index (χ1v) is 24.9. The lowest BCUT2D eigenvalue weighted by atomic mass is 9.72. The van der Waals surface area contributed by atoms with E-state index in [4.69, 9.17) is 63.7 Å². The summed E-state index contributed by atoms with van der Waals surface area (Å²) < 4.78 is 75.5. The predicted molar refractivity (Wildman–Crippen MR) is 229 cm³/mol. The molecule has 0 aromatic carbocycles. The smallest absolute Gasteiger partial charge is 0.331 e. The van der Waals surface area contributed by atoms with Gasteiger partial charge in [-0.25, -0.2) is 4.79 Å². The number of hydrogen-bond donors (Lipinski definition) is 1. The maximum Gasteiger partial charge on any atom is 0.331 e. The van der Waals surface area contributed by atoms with Crippen LogP contribution in [0.2, 0.25) is 0 Å². The Kier molecular flexibility index (Phi) is 11.2. The largest absolute Gasteiger partial charge is 0.456 e. The molecule has 0 spiro atoms. The number of carbonyl (C=O) groups excluding carboxylic acids is 2. The third-order valence-corrected chi connectivity index (χ3v) is 18.0. The van der Waals surface area contributed by atoms with Gasteiger partial charge in [0.15, 0.2) is 0 Å². The second-order valence-electron chi connectivity index (χ2n) is 22.6. The molecule has 15 heteroatoms. The highest BCUT2D eigenvalue weighted by molar-refractivity contribution is 6.27. The number of Topliss-reactive ketones (excluding diaryl/α,β-unsaturated/α-hetero) is 1. The van der Waals surface area contributed by atoms with Crippen LogP contribution in [-0.2, 0) is 61.7 Å². The lowest BCUT2D eigenvalue weighted by molar-refractivity contribution is -0.356. The molecule has 11 heterocycles. The predicted octanol–water partition coefficient (Wildman–Crippen LogP) is 5.52. The molecule has 0 bridgehead atoms. The number of halogens is 1. The van der Waals surface area contributed by atoms with Gasteiger partial charge in [0.2, 0.25) is 0 Å². The molecule has 0 aromatic heterocycles. The topological polar surface area (TPSA) is 156 Å². The van der Waals surface area contributed by atoms with Crippen molar-refractivity contribution in [2.45, 2.75) is 257 Å². The molecule has 9 saturated heterocycles. The van der Waals surface area contributed by atoms with Crippen LogP contribution in [0, 0.1) is 5.92 Å². The van der Waals surface area contributed by atoms with Crippen LogP contribution in [-0.4, -0.2) is 155 Å². The van der Waals surface area contributed by atoms with E-state index in [2.05, 4.69) is 46.8 Å². The van der Waals surface area contributed by atoms with Crippen molar-refractivity contribution in [1.29, 1.82) is 0 Å². The lowest BCUT2D eigenvalue weighted by Gasteiger charge is -2.60. The monoisotopic (exact) mass is 916 g/mol. The minimum absolute atomic E-state index is 0.0731. The van der Waals surface area contributed by atoms with E-state index in [1.54, 1.807) is 6.08 Å². The van der Waals surface area contributed by atoms with Crippen LogP contribution in [0.15, 0.2) is 23.8 Å². The molecule has 11 rings (SSSR count). The number of ketones is 1. The summed E-state index contributed by atoms with van der Waals surface area (Å²) in [5, 5.41) is 11.4. The minimum Gasteiger partial charge on any atom is -0.456 e. The molecule has 0 radical (unpaired) electrons. The molecule has 0 amide bonds. The minimum atomic E-state index is -0.938. The Morgan fingerprint density at radius 1 is 0.719 bits per heavy atom. The molecular weight excluding hydrogens is 848 g/mol. The van der Waals surface area contributed by atoms with Gasteiger partial charge in [-0.05, 0) is 78.7 Å². The number of alkyl halides is 1. The molecule has 0 saturated carbocycles. The zero-order valence-corrected chi connectivity index (χ0v) is 39.2. The van der Waals surface area contributed by atoms with E-state index < -0.39 is 46.3 Å². The second-order valence-corrected chi connectivity index (χ2v) is 22.8. The summed E-state index contributed by atoms with van der Waals surface area (Å²) in [5.41, 5.74) is -2.46. The Bertz CT molecular complexity index is 1910. The lowest BCUT2D eigenvalue weighted by Crippen LogP contribution is -2.70. The number of aliphatic hydroxyl groups is 1. The summed E-state index contributed by atoms with van der Waals surface area (Å²) >= 11 is 5.80. The van der Waals surface area contributed by atoms with Crippen molar-refractivity contribution in [3.05, 3.63) is 23.8 Å². The average Bonchev–Trinajstić information content (AvgIpc) is 3.43. The van der Waals surface area contributed by atoms with E-state index in [1.807, 2.05) is 13.8 Å². The molecule has 11 aliphatic heterocycles. The molecule has 1 N–H and O–H groups in total. The van der Waals surface area contributed by atoms with Crippen LogP contribution < -0.4 is 0 Å². The van der Waals surface area contributed by atoms with Gasteiger partial charge in [-0.15, -0.1) is 11.6 Å². The highest BCUT2D eigenvalue weighted by atomic mass is 35.5. The van der Waals surface area contributed by atoms with Crippen LogP contribution in [0.1, 0.15) is 126 Å². The fourth-order valence-electron chi connectivity index (χ4n) is 14.0. The highest BCUT2D eigenvalue weighted by Gasteiger charge is 2.64. The maximum atomic E-state index is 12.3. The first kappa shape index (κ1) is 44.9. The molecule has 356 valence electrons. The van der Waals surface area contributed by atoms with Gasteiger partial charge in [0.25, 0.3) is 0 Å². The maximum absolute atomic E-state index is 12.3. The van der Waals surface area contributed by atoms with Crippen LogP contribution in [0.4, 0.5) is 0 Å². The molecule has 14 nitrogen and oxygen atoms in total. The highest BCUT2D eigenvalue weighted by Crippen LogP contribution is 2.55. The Balaban J connectivity index is 0.776. The van der Waals surface area contributed by atoms with E-state index in [0.29, 0.717) is 51.4 Å². The summed E-state index contributed by atoms with van der Waals surface area (Å²) in [6, 6.07) is 0. The zero-order chi connectivity index (χ0) is 44.7. The molecular formula is C49H69ClO14. The molecule has 0 aromatic rings. The second kappa shape index (κ2) is 16.0. The molecule has 9 fully saturated rings. The Labute approximate surface area is 381 Å². The van der Waals surface area contributed by atoms with Crippen molar-refractivity contribution in [1.82, 2.24) is 0 Å². The van der Waals surface area contributed by atoms with Crippen molar-refractivity contribution in [3.63, 3.8) is 0 Å². The average molecular weight is 918 g/mol. The number of esters is 1. The van der Waals surface area contributed by atoms with Gasteiger partial charge in [-0.3, -0.25) is 4.79 Å². The fraction of sp³-hybridized carbons (Fsp3) is 0.878.